The SMILES string of the molecule is O=C(Cn1cc(-c2nnc(-c3ccccc3)o2)c2ccccc21)Nc1ccc(OC(F)(F)F)cc1. The normalized spacial score (nSPS) is 11.5. The fourth-order valence-electron chi connectivity index (χ4n) is 3.67. The predicted octanol–water partition coefficient (Wildman–Crippen LogP) is 5.90. The zero-order valence-electron chi connectivity index (χ0n) is 18.0. The molecule has 0 aliphatic heterocycles. The van der Waals surface area contributed by atoms with Gasteiger partial charge in [-0.15, -0.1) is 23.4 Å². The molecule has 0 saturated carbocycles. The minimum atomic E-state index is -4.78. The summed E-state index contributed by atoms with van der Waals surface area (Å²) < 4.78 is 48.5. The number of halogens is 3. The van der Waals surface area contributed by atoms with Gasteiger partial charge in [0, 0.05) is 28.4 Å². The van der Waals surface area contributed by atoms with E-state index < -0.39 is 6.36 Å². The van der Waals surface area contributed by atoms with Crippen LogP contribution in [0.2, 0.25) is 0 Å². The molecule has 0 unspecified atom stereocenters. The molecule has 1 N–H and O–H groups in total. The van der Waals surface area contributed by atoms with Gasteiger partial charge < -0.3 is 19.0 Å². The van der Waals surface area contributed by atoms with Crippen molar-refractivity contribution in [3.8, 4) is 28.7 Å². The van der Waals surface area contributed by atoms with Gasteiger partial charge in [0.15, 0.2) is 0 Å². The number of amides is 1. The molecule has 35 heavy (non-hydrogen) atoms. The number of hydrogen-bond donors (Lipinski definition) is 1. The number of nitrogens with zero attached hydrogens (tertiary/aromatic N) is 3. The fourth-order valence-corrected chi connectivity index (χ4v) is 3.67. The highest BCUT2D eigenvalue weighted by molar-refractivity contribution is 5.96. The van der Waals surface area contributed by atoms with Crippen LogP contribution in [0.15, 0.2) is 89.5 Å². The number of para-hydroxylation sites is 1. The molecule has 2 heterocycles. The van der Waals surface area contributed by atoms with E-state index >= 15 is 0 Å². The van der Waals surface area contributed by atoms with Crippen LogP contribution in [0.4, 0.5) is 18.9 Å². The molecular weight excluding hydrogens is 461 g/mol. The fraction of sp³-hybridized carbons (Fsp3) is 0.0800. The molecule has 1 amide bonds. The van der Waals surface area contributed by atoms with Crippen molar-refractivity contribution in [1.29, 1.82) is 0 Å². The van der Waals surface area contributed by atoms with Crippen molar-refractivity contribution in [3.63, 3.8) is 0 Å². The van der Waals surface area contributed by atoms with Crippen LogP contribution in [0.5, 0.6) is 5.75 Å². The number of hydrogen-bond acceptors (Lipinski definition) is 5. The highest BCUT2D eigenvalue weighted by Gasteiger charge is 2.31. The second kappa shape index (κ2) is 8.98. The van der Waals surface area contributed by atoms with Crippen molar-refractivity contribution in [3.05, 3.63) is 85.1 Å². The second-order valence-electron chi connectivity index (χ2n) is 7.59. The predicted molar refractivity (Wildman–Crippen MR) is 122 cm³/mol. The van der Waals surface area contributed by atoms with E-state index in [4.69, 9.17) is 4.42 Å². The summed E-state index contributed by atoms with van der Waals surface area (Å²) in [5, 5.41) is 11.8. The van der Waals surface area contributed by atoms with E-state index in [0.717, 1.165) is 28.6 Å². The van der Waals surface area contributed by atoms with E-state index in [-0.39, 0.29) is 18.2 Å². The summed E-state index contributed by atoms with van der Waals surface area (Å²) in [5.41, 5.74) is 2.59. The first-order valence-corrected chi connectivity index (χ1v) is 10.5. The van der Waals surface area contributed by atoms with Gasteiger partial charge in [0.1, 0.15) is 12.3 Å². The molecule has 0 aliphatic rings. The zero-order chi connectivity index (χ0) is 24.4. The number of carbonyl (C=O) groups excluding carboxylic acids is 1. The summed E-state index contributed by atoms with van der Waals surface area (Å²) in [6, 6.07) is 21.8. The van der Waals surface area contributed by atoms with Gasteiger partial charge in [-0.25, -0.2) is 0 Å². The number of fused-ring (bicyclic) bond motifs is 1. The highest BCUT2D eigenvalue weighted by atomic mass is 19.4. The maximum atomic E-state index is 12.7. The summed E-state index contributed by atoms with van der Waals surface area (Å²) in [4.78, 5) is 12.7. The molecule has 5 rings (SSSR count). The number of nitrogens with one attached hydrogen (secondary N) is 1. The first kappa shape index (κ1) is 22.2. The molecule has 0 radical (unpaired) electrons. The van der Waals surface area contributed by atoms with Gasteiger partial charge in [0.05, 0.1) is 5.56 Å². The molecule has 0 fully saturated rings. The Kier molecular flexibility index (Phi) is 5.69. The van der Waals surface area contributed by atoms with Crippen molar-refractivity contribution in [2.24, 2.45) is 0 Å². The minimum absolute atomic E-state index is 0.0407. The third-order valence-electron chi connectivity index (χ3n) is 5.15. The molecule has 5 aromatic rings. The Morgan fingerprint density at radius 3 is 2.34 bits per heavy atom. The molecule has 10 heteroatoms. The number of aromatic nitrogens is 3. The first-order valence-electron chi connectivity index (χ1n) is 10.5. The maximum Gasteiger partial charge on any atom is 0.573 e. The Bertz CT molecular complexity index is 1480. The van der Waals surface area contributed by atoms with Crippen LogP contribution in [0.25, 0.3) is 33.8 Å². The van der Waals surface area contributed by atoms with Crippen LogP contribution in [0.3, 0.4) is 0 Å². The van der Waals surface area contributed by atoms with Crippen LogP contribution >= 0.6 is 0 Å². The Morgan fingerprint density at radius 1 is 0.914 bits per heavy atom. The first-order chi connectivity index (χ1) is 16.9. The van der Waals surface area contributed by atoms with Crippen LogP contribution in [-0.4, -0.2) is 27.0 Å². The van der Waals surface area contributed by atoms with Crippen molar-refractivity contribution < 1.29 is 27.1 Å². The molecule has 0 bridgehead atoms. The van der Waals surface area contributed by atoms with Gasteiger partial charge in [-0.2, -0.15) is 0 Å². The van der Waals surface area contributed by atoms with Crippen LogP contribution in [0.1, 0.15) is 0 Å². The monoisotopic (exact) mass is 478 g/mol. The number of ether oxygens (including phenoxy) is 1. The molecule has 2 aromatic heterocycles. The van der Waals surface area contributed by atoms with Crippen LogP contribution in [0, 0.1) is 0 Å². The summed E-state index contributed by atoms with van der Waals surface area (Å²) in [7, 11) is 0. The van der Waals surface area contributed by atoms with E-state index in [1.807, 2.05) is 54.6 Å². The molecule has 0 aliphatic carbocycles. The van der Waals surface area contributed by atoms with Gasteiger partial charge in [0.25, 0.3) is 0 Å². The largest absolute Gasteiger partial charge is 0.573 e. The second-order valence-corrected chi connectivity index (χ2v) is 7.59. The lowest BCUT2D eigenvalue weighted by Gasteiger charge is -2.10. The molecule has 0 spiro atoms. The Balaban J connectivity index is 1.36. The lowest BCUT2D eigenvalue weighted by Crippen LogP contribution is -2.18. The van der Waals surface area contributed by atoms with E-state index in [2.05, 4.69) is 20.3 Å². The number of rotatable bonds is 6. The van der Waals surface area contributed by atoms with Crippen LogP contribution in [-0.2, 0) is 11.3 Å². The Hall–Kier alpha value is -4.60. The topological polar surface area (TPSA) is 82.2 Å². The van der Waals surface area contributed by atoms with Gasteiger partial charge in [0.2, 0.25) is 17.7 Å². The van der Waals surface area contributed by atoms with Crippen molar-refractivity contribution in [2.45, 2.75) is 12.9 Å². The molecule has 3 aromatic carbocycles. The standard InChI is InChI=1S/C25H17F3N4O3/c26-25(27,28)35-18-12-10-17(11-13-18)29-22(33)15-32-14-20(19-8-4-5-9-21(19)32)24-31-30-23(34-24)16-6-2-1-3-7-16/h1-14H,15H2,(H,29,33). The van der Waals surface area contributed by atoms with Crippen molar-refractivity contribution in [1.82, 2.24) is 14.8 Å². The molecule has 0 atom stereocenters. The molecular formula is C25H17F3N4O3. The lowest BCUT2D eigenvalue weighted by atomic mass is 10.2. The number of carbonyl (C=O) groups is 1. The average Bonchev–Trinajstić information content (AvgIpc) is 3.46. The third kappa shape index (κ3) is 5.01. The maximum absolute atomic E-state index is 12.7. The van der Waals surface area contributed by atoms with Crippen molar-refractivity contribution in [2.75, 3.05) is 5.32 Å². The Labute approximate surface area is 196 Å². The van der Waals surface area contributed by atoms with E-state index in [9.17, 15) is 18.0 Å². The summed E-state index contributed by atoms with van der Waals surface area (Å²) in [6.45, 7) is -0.0407. The molecule has 176 valence electrons. The van der Waals surface area contributed by atoms with Crippen molar-refractivity contribution >= 4 is 22.5 Å². The van der Waals surface area contributed by atoms with Gasteiger partial charge in [-0.3, -0.25) is 4.79 Å². The summed E-state index contributed by atoms with van der Waals surface area (Å²) in [6.07, 6.45) is -3.02. The molecule has 7 nitrogen and oxygen atoms in total. The third-order valence-corrected chi connectivity index (χ3v) is 5.15. The number of alkyl halides is 3. The minimum Gasteiger partial charge on any atom is -0.416 e. The van der Waals surface area contributed by atoms with E-state index in [0.29, 0.717) is 23.0 Å². The van der Waals surface area contributed by atoms with E-state index in [1.165, 1.54) is 12.1 Å². The number of anilines is 1. The average molecular weight is 478 g/mol. The quantitative estimate of drug-likeness (QED) is 0.329. The smallest absolute Gasteiger partial charge is 0.416 e. The summed E-state index contributed by atoms with van der Waals surface area (Å²) in [5.74, 6) is -0.0316. The zero-order valence-corrected chi connectivity index (χ0v) is 18.0. The van der Waals surface area contributed by atoms with Gasteiger partial charge >= 0.3 is 6.36 Å². The highest BCUT2D eigenvalue weighted by Crippen LogP contribution is 2.32. The van der Waals surface area contributed by atoms with Crippen LogP contribution < -0.4 is 10.1 Å². The van der Waals surface area contributed by atoms with Gasteiger partial charge in [-0.1, -0.05) is 36.4 Å². The lowest BCUT2D eigenvalue weighted by molar-refractivity contribution is -0.274. The number of benzene rings is 3. The Morgan fingerprint density at radius 2 is 1.60 bits per heavy atom. The summed E-state index contributed by atoms with van der Waals surface area (Å²) >= 11 is 0. The van der Waals surface area contributed by atoms with E-state index in [1.54, 1.807) is 10.8 Å². The van der Waals surface area contributed by atoms with Gasteiger partial charge in [-0.05, 0) is 42.5 Å². The molecule has 0 saturated heterocycles.